The lowest BCUT2D eigenvalue weighted by Crippen LogP contribution is -2.37. The molecule has 23 heavy (non-hydrogen) atoms. The van der Waals surface area contributed by atoms with Crippen molar-refractivity contribution in [1.29, 1.82) is 0 Å². The second-order valence-electron chi connectivity index (χ2n) is 7.89. The number of likely N-dealkylation sites (tertiary alicyclic amines) is 1. The highest BCUT2D eigenvalue weighted by Gasteiger charge is 2.19. The van der Waals surface area contributed by atoms with Gasteiger partial charge in [0.1, 0.15) is 0 Å². The zero-order valence-electron chi connectivity index (χ0n) is 15.5. The summed E-state index contributed by atoms with van der Waals surface area (Å²) in [6.45, 7) is 15.0. The standard InChI is InChI=1S/C18H34N4O/c1-14(17-13-22(18(3,4)5)20-15(17)2)19-9-6-10-21-11-7-16(23)8-12-21/h13-14,16,19,23H,6-12H2,1-5H3. The quantitative estimate of drug-likeness (QED) is 0.790. The zero-order chi connectivity index (χ0) is 17.0. The van der Waals surface area contributed by atoms with Gasteiger partial charge in [-0.2, -0.15) is 5.10 Å². The molecule has 1 aliphatic rings. The third kappa shape index (κ3) is 5.30. The van der Waals surface area contributed by atoms with E-state index in [-0.39, 0.29) is 11.6 Å². The van der Waals surface area contributed by atoms with E-state index in [1.807, 2.05) is 0 Å². The number of aromatic nitrogens is 2. The van der Waals surface area contributed by atoms with E-state index in [1.54, 1.807) is 0 Å². The van der Waals surface area contributed by atoms with Crippen molar-refractivity contribution in [2.75, 3.05) is 26.2 Å². The van der Waals surface area contributed by atoms with Crippen molar-refractivity contribution in [3.8, 4) is 0 Å². The van der Waals surface area contributed by atoms with Crippen molar-refractivity contribution in [3.05, 3.63) is 17.5 Å². The van der Waals surface area contributed by atoms with Gasteiger partial charge in [0.05, 0.1) is 17.3 Å². The maximum Gasteiger partial charge on any atom is 0.0641 e. The number of nitrogens with one attached hydrogen (secondary N) is 1. The van der Waals surface area contributed by atoms with Gasteiger partial charge in [-0.25, -0.2) is 0 Å². The highest BCUT2D eigenvalue weighted by atomic mass is 16.3. The molecule has 1 aromatic heterocycles. The Morgan fingerprint density at radius 2 is 2.00 bits per heavy atom. The number of rotatable bonds is 6. The van der Waals surface area contributed by atoms with Gasteiger partial charge in [-0.15, -0.1) is 0 Å². The molecule has 2 heterocycles. The molecule has 1 saturated heterocycles. The van der Waals surface area contributed by atoms with Crippen LogP contribution in [0, 0.1) is 6.92 Å². The van der Waals surface area contributed by atoms with Gasteiger partial charge in [-0.05, 0) is 67.0 Å². The minimum Gasteiger partial charge on any atom is -0.393 e. The van der Waals surface area contributed by atoms with Crippen LogP contribution in [0.3, 0.4) is 0 Å². The molecule has 1 aliphatic heterocycles. The molecule has 0 aliphatic carbocycles. The number of piperidine rings is 1. The summed E-state index contributed by atoms with van der Waals surface area (Å²) >= 11 is 0. The van der Waals surface area contributed by atoms with Crippen LogP contribution in [0.25, 0.3) is 0 Å². The van der Waals surface area contributed by atoms with Crippen LogP contribution in [0.4, 0.5) is 0 Å². The fourth-order valence-corrected chi connectivity index (χ4v) is 3.12. The summed E-state index contributed by atoms with van der Waals surface area (Å²) in [5.74, 6) is 0. The average molecular weight is 322 g/mol. The minimum absolute atomic E-state index is 0.0293. The summed E-state index contributed by atoms with van der Waals surface area (Å²) < 4.78 is 2.06. The van der Waals surface area contributed by atoms with Crippen LogP contribution in [0.15, 0.2) is 6.20 Å². The lowest BCUT2D eigenvalue weighted by Gasteiger charge is -2.29. The molecule has 1 atom stereocenters. The van der Waals surface area contributed by atoms with Crippen molar-refractivity contribution in [2.24, 2.45) is 0 Å². The molecule has 0 spiro atoms. The Kier molecular flexibility index (Phi) is 6.23. The van der Waals surface area contributed by atoms with Gasteiger partial charge in [0.15, 0.2) is 0 Å². The van der Waals surface area contributed by atoms with Crippen LogP contribution in [-0.2, 0) is 5.54 Å². The molecule has 2 rings (SSSR count). The first-order valence-corrected chi connectivity index (χ1v) is 8.98. The van der Waals surface area contributed by atoms with Gasteiger partial charge in [0.2, 0.25) is 0 Å². The average Bonchev–Trinajstić information content (AvgIpc) is 2.87. The van der Waals surface area contributed by atoms with E-state index in [1.165, 1.54) is 5.56 Å². The number of hydrogen-bond donors (Lipinski definition) is 2. The fraction of sp³-hybridized carbons (Fsp3) is 0.833. The molecule has 0 saturated carbocycles. The fourth-order valence-electron chi connectivity index (χ4n) is 3.12. The van der Waals surface area contributed by atoms with Gasteiger partial charge in [-0.1, -0.05) is 0 Å². The third-order valence-electron chi connectivity index (χ3n) is 4.75. The van der Waals surface area contributed by atoms with Crippen LogP contribution >= 0.6 is 0 Å². The normalized spacial score (nSPS) is 19.2. The Labute approximate surface area is 141 Å². The monoisotopic (exact) mass is 322 g/mol. The number of aryl methyl sites for hydroxylation is 1. The molecule has 0 aromatic carbocycles. The number of nitrogens with zero attached hydrogens (tertiary/aromatic N) is 3. The Morgan fingerprint density at radius 1 is 1.35 bits per heavy atom. The molecule has 0 amide bonds. The summed E-state index contributed by atoms with van der Waals surface area (Å²) in [7, 11) is 0. The summed E-state index contributed by atoms with van der Waals surface area (Å²) in [5, 5.41) is 17.8. The highest BCUT2D eigenvalue weighted by Crippen LogP contribution is 2.21. The second-order valence-corrected chi connectivity index (χ2v) is 7.89. The molecule has 5 heteroatoms. The summed E-state index contributed by atoms with van der Waals surface area (Å²) in [5.41, 5.74) is 2.44. The summed E-state index contributed by atoms with van der Waals surface area (Å²) in [6, 6.07) is 0.328. The molecular weight excluding hydrogens is 288 g/mol. The molecule has 1 aromatic rings. The lowest BCUT2D eigenvalue weighted by molar-refractivity contribution is 0.0820. The topological polar surface area (TPSA) is 53.3 Å². The van der Waals surface area contributed by atoms with Gasteiger partial charge < -0.3 is 15.3 Å². The van der Waals surface area contributed by atoms with Crippen molar-refractivity contribution >= 4 is 0 Å². The van der Waals surface area contributed by atoms with Crippen LogP contribution < -0.4 is 5.32 Å². The van der Waals surface area contributed by atoms with E-state index >= 15 is 0 Å². The molecule has 0 radical (unpaired) electrons. The van der Waals surface area contributed by atoms with Crippen molar-refractivity contribution < 1.29 is 5.11 Å². The van der Waals surface area contributed by atoms with Crippen LogP contribution in [0.5, 0.6) is 0 Å². The maximum atomic E-state index is 9.54. The number of aliphatic hydroxyl groups excluding tert-OH is 1. The van der Waals surface area contributed by atoms with E-state index in [0.717, 1.165) is 51.1 Å². The van der Waals surface area contributed by atoms with Gasteiger partial charge in [0.25, 0.3) is 0 Å². The van der Waals surface area contributed by atoms with Gasteiger partial charge in [0, 0.05) is 30.9 Å². The Balaban J connectivity index is 1.74. The first-order valence-electron chi connectivity index (χ1n) is 8.98. The SMILES string of the molecule is Cc1nn(C(C)(C)C)cc1C(C)NCCCN1CCC(O)CC1. The smallest absolute Gasteiger partial charge is 0.0641 e. The second kappa shape index (κ2) is 7.77. The van der Waals surface area contributed by atoms with Crippen molar-refractivity contribution in [1.82, 2.24) is 20.0 Å². The summed E-state index contributed by atoms with van der Waals surface area (Å²) in [4.78, 5) is 2.46. The van der Waals surface area contributed by atoms with Crippen molar-refractivity contribution in [2.45, 2.75) is 71.6 Å². The van der Waals surface area contributed by atoms with Gasteiger partial charge in [-0.3, -0.25) is 4.68 Å². The number of aliphatic hydroxyl groups is 1. The molecule has 5 nitrogen and oxygen atoms in total. The Hall–Kier alpha value is -0.910. The van der Waals surface area contributed by atoms with E-state index in [2.05, 4.69) is 60.8 Å². The van der Waals surface area contributed by atoms with Gasteiger partial charge >= 0.3 is 0 Å². The lowest BCUT2D eigenvalue weighted by atomic mass is 10.1. The predicted molar refractivity (Wildman–Crippen MR) is 94.7 cm³/mol. The van der Waals surface area contributed by atoms with E-state index in [9.17, 15) is 5.11 Å². The number of hydrogen-bond acceptors (Lipinski definition) is 4. The molecule has 1 fully saturated rings. The maximum absolute atomic E-state index is 9.54. The third-order valence-corrected chi connectivity index (χ3v) is 4.75. The Bertz CT molecular complexity index is 484. The Morgan fingerprint density at radius 3 is 2.57 bits per heavy atom. The highest BCUT2D eigenvalue weighted by molar-refractivity contribution is 5.20. The molecular formula is C18H34N4O. The predicted octanol–water partition coefficient (Wildman–Crippen LogP) is 2.44. The van der Waals surface area contributed by atoms with Crippen LogP contribution in [0.1, 0.15) is 64.3 Å². The van der Waals surface area contributed by atoms with Crippen LogP contribution in [0.2, 0.25) is 0 Å². The molecule has 2 N–H and O–H groups in total. The first-order chi connectivity index (χ1) is 10.8. The van der Waals surface area contributed by atoms with E-state index < -0.39 is 0 Å². The molecule has 0 bridgehead atoms. The molecule has 132 valence electrons. The van der Waals surface area contributed by atoms with Crippen molar-refractivity contribution in [3.63, 3.8) is 0 Å². The zero-order valence-corrected chi connectivity index (χ0v) is 15.5. The first kappa shape index (κ1) is 18.4. The van der Waals surface area contributed by atoms with Crippen LogP contribution in [-0.4, -0.2) is 52.1 Å². The van der Waals surface area contributed by atoms with E-state index in [4.69, 9.17) is 0 Å². The molecule has 1 unspecified atom stereocenters. The summed E-state index contributed by atoms with van der Waals surface area (Å²) in [6.07, 6.45) is 5.10. The minimum atomic E-state index is -0.0771. The largest absolute Gasteiger partial charge is 0.393 e. The van der Waals surface area contributed by atoms with E-state index in [0.29, 0.717) is 6.04 Å².